The highest BCUT2D eigenvalue weighted by molar-refractivity contribution is 4.90. The summed E-state index contributed by atoms with van der Waals surface area (Å²) < 4.78 is 6.61. The molecular weight excluding hydrogens is 222 g/mol. The quantitative estimate of drug-likeness (QED) is 0.775. The minimum Gasteiger partial charge on any atom is -0.370 e. The first-order valence-electron chi connectivity index (χ1n) is 8.16. The van der Waals surface area contributed by atoms with E-state index in [9.17, 15) is 0 Å². The third kappa shape index (κ3) is 3.71. The lowest BCUT2D eigenvalue weighted by Crippen LogP contribution is -2.44. The molecule has 2 fully saturated rings. The number of hydrogen-bond acceptors (Lipinski definition) is 2. The second-order valence-corrected chi connectivity index (χ2v) is 6.35. The molecule has 2 atom stereocenters. The van der Waals surface area contributed by atoms with Crippen molar-refractivity contribution in [3.05, 3.63) is 0 Å². The van der Waals surface area contributed by atoms with Crippen molar-refractivity contribution in [3.8, 4) is 0 Å². The van der Waals surface area contributed by atoms with E-state index < -0.39 is 0 Å². The Morgan fingerprint density at radius 2 is 1.89 bits per heavy atom. The maximum Gasteiger partial charge on any atom is 0.0810 e. The van der Waals surface area contributed by atoms with Gasteiger partial charge in [0.05, 0.1) is 11.7 Å². The lowest BCUT2D eigenvalue weighted by Gasteiger charge is -2.38. The summed E-state index contributed by atoms with van der Waals surface area (Å²) in [6, 6.07) is 0. The fourth-order valence-corrected chi connectivity index (χ4v) is 3.78. The molecule has 0 amide bonds. The summed E-state index contributed by atoms with van der Waals surface area (Å²) in [6.45, 7) is 6.65. The fraction of sp³-hybridized carbons (Fsp3) is 1.00. The minimum atomic E-state index is 0.177. The molecule has 18 heavy (non-hydrogen) atoms. The standard InChI is InChI=1S/C16H31NO/c1-3-14-8-7-9-15(12-14)18-16(13-17-4-2)10-5-6-11-16/h14-15,17H,3-13H2,1-2H3. The van der Waals surface area contributed by atoms with Gasteiger partial charge in [-0.3, -0.25) is 0 Å². The zero-order valence-corrected chi connectivity index (χ0v) is 12.3. The van der Waals surface area contributed by atoms with Gasteiger partial charge in [-0.05, 0) is 38.1 Å². The molecule has 0 saturated heterocycles. The molecule has 0 aromatic heterocycles. The van der Waals surface area contributed by atoms with Gasteiger partial charge in [0.15, 0.2) is 0 Å². The summed E-state index contributed by atoms with van der Waals surface area (Å²) in [6.07, 6.45) is 12.5. The van der Waals surface area contributed by atoms with E-state index in [1.54, 1.807) is 0 Å². The monoisotopic (exact) mass is 253 g/mol. The summed E-state index contributed by atoms with van der Waals surface area (Å²) in [5, 5.41) is 3.52. The van der Waals surface area contributed by atoms with E-state index in [-0.39, 0.29) is 5.60 Å². The predicted octanol–water partition coefficient (Wildman–Crippen LogP) is 3.89. The van der Waals surface area contributed by atoms with Gasteiger partial charge in [0.2, 0.25) is 0 Å². The minimum absolute atomic E-state index is 0.177. The highest BCUT2D eigenvalue weighted by Crippen LogP contribution is 2.38. The molecule has 0 aromatic carbocycles. The van der Waals surface area contributed by atoms with Gasteiger partial charge < -0.3 is 10.1 Å². The van der Waals surface area contributed by atoms with Crippen molar-refractivity contribution in [1.29, 1.82) is 0 Å². The van der Waals surface area contributed by atoms with Crippen LogP contribution in [0.25, 0.3) is 0 Å². The predicted molar refractivity (Wildman–Crippen MR) is 76.9 cm³/mol. The van der Waals surface area contributed by atoms with Gasteiger partial charge in [-0.15, -0.1) is 0 Å². The van der Waals surface area contributed by atoms with Crippen molar-refractivity contribution in [2.24, 2.45) is 5.92 Å². The Bertz CT molecular complexity index is 235. The average molecular weight is 253 g/mol. The third-order valence-corrected chi connectivity index (χ3v) is 4.94. The Morgan fingerprint density at radius 3 is 2.56 bits per heavy atom. The van der Waals surface area contributed by atoms with Crippen LogP contribution in [0.15, 0.2) is 0 Å². The molecule has 0 bridgehead atoms. The molecule has 0 heterocycles. The molecule has 2 aliphatic rings. The second kappa shape index (κ2) is 6.91. The van der Waals surface area contributed by atoms with Crippen molar-refractivity contribution in [1.82, 2.24) is 5.32 Å². The van der Waals surface area contributed by atoms with Gasteiger partial charge >= 0.3 is 0 Å². The SMILES string of the molecule is CCNCC1(OC2CCCC(CC)C2)CCCC1. The number of ether oxygens (including phenoxy) is 1. The largest absolute Gasteiger partial charge is 0.370 e. The first-order valence-corrected chi connectivity index (χ1v) is 8.16. The molecular formula is C16H31NO. The van der Waals surface area contributed by atoms with E-state index in [0.717, 1.165) is 19.0 Å². The first kappa shape index (κ1) is 14.3. The van der Waals surface area contributed by atoms with Crippen LogP contribution in [0.3, 0.4) is 0 Å². The van der Waals surface area contributed by atoms with Crippen LogP contribution in [0.5, 0.6) is 0 Å². The van der Waals surface area contributed by atoms with Crippen molar-refractivity contribution in [2.45, 2.75) is 83.3 Å². The molecule has 2 nitrogen and oxygen atoms in total. The topological polar surface area (TPSA) is 21.3 Å². The number of nitrogens with one attached hydrogen (secondary N) is 1. The maximum atomic E-state index is 6.61. The van der Waals surface area contributed by atoms with Crippen LogP contribution < -0.4 is 5.32 Å². The molecule has 2 rings (SSSR count). The Hall–Kier alpha value is -0.0800. The highest BCUT2D eigenvalue weighted by Gasteiger charge is 2.37. The number of likely N-dealkylation sites (N-methyl/N-ethyl adjacent to an activating group) is 1. The molecule has 0 aliphatic heterocycles. The Labute approximate surface area is 113 Å². The van der Waals surface area contributed by atoms with E-state index in [1.165, 1.54) is 57.8 Å². The van der Waals surface area contributed by atoms with Gasteiger partial charge in [-0.1, -0.05) is 46.0 Å². The molecule has 2 saturated carbocycles. The van der Waals surface area contributed by atoms with Crippen LogP contribution in [-0.4, -0.2) is 24.8 Å². The molecule has 106 valence electrons. The van der Waals surface area contributed by atoms with Gasteiger partial charge in [0, 0.05) is 6.54 Å². The van der Waals surface area contributed by atoms with Crippen LogP contribution >= 0.6 is 0 Å². The van der Waals surface area contributed by atoms with Gasteiger partial charge in [0.1, 0.15) is 0 Å². The van der Waals surface area contributed by atoms with Crippen LogP contribution in [0.1, 0.15) is 71.6 Å². The fourth-order valence-electron chi connectivity index (χ4n) is 3.78. The molecule has 2 heteroatoms. The summed E-state index contributed by atoms with van der Waals surface area (Å²) in [4.78, 5) is 0. The summed E-state index contributed by atoms with van der Waals surface area (Å²) in [7, 11) is 0. The normalized spacial score (nSPS) is 31.7. The summed E-state index contributed by atoms with van der Waals surface area (Å²) in [5.74, 6) is 0.918. The third-order valence-electron chi connectivity index (χ3n) is 4.94. The molecule has 0 spiro atoms. The van der Waals surface area contributed by atoms with Crippen molar-refractivity contribution < 1.29 is 4.74 Å². The zero-order valence-electron chi connectivity index (χ0n) is 12.3. The Kier molecular flexibility index (Phi) is 5.50. The summed E-state index contributed by atoms with van der Waals surface area (Å²) >= 11 is 0. The summed E-state index contributed by atoms with van der Waals surface area (Å²) in [5.41, 5.74) is 0.177. The smallest absolute Gasteiger partial charge is 0.0810 e. The highest BCUT2D eigenvalue weighted by atomic mass is 16.5. The number of hydrogen-bond donors (Lipinski definition) is 1. The lowest BCUT2D eigenvalue weighted by atomic mass is 9.85. The van der Waals surface area contributed by atoms with Gasteiger partial charge in [-0.2, -0.15) is 0 Å². The zero-order chi connectivity index (χ0) is 12.8. The van der Waals surface area contributed by atoms with Crippen LogP contribution in [-0.2, 0) is 4.74 Å². The average Bonchev–Trinajstić information content (AvgIpc) is 2.85. The lowest BCUT2D eigenvalue weighted by molar-refractivity contribution is -0.107. The van der Waals surface area contributed by atoms with Crippen LogP contribution in [0.4, 0.5) is 0 Å². The van der Waals surface area contributed by atoms with E-state index >= 15 is 0 Å². The molecule has 1 N–H and O–H groups in total. The Morgan fingerprint density at radius 1 is 1.11 bits per heavy atom. The molecule has 2 unspecified atom stereocenters. The molecule has 0 radical (unpaired) electrons. The molecule has 2 aliphatic carbocycles. The van der Waals surface area contributed by atoms with E-state index in [4.69, 9.17) is 4.74 Å². The van der Waals surface area contributed by atoms with Crippen LogP contribution in [0.2, 0.25) is 0 Å². The number of rotatable bonds is 6. The van der Waals surface area contributed by atoms with Crippen LogP contribution in [0, 0.1) is 5.92 Å². The second-order valence-electron chi connectivity index (χ2n) is 6.35. The Balaban J connectivity index is 1.87. The van der Waals surface area contributed by atoms with Crippen molar-refractivity contribution in [2.75, 3.05) is 13.1 Å². The van der Waals surface area contributed by atoms with Crippen molar-refractivity contribution in [3.63, 3.8) is 0 Å². The van der Waals surface area contributed by atoms with E-state index in [0.29, 0.717) is 6.10 Å². The van der Waals surface area contributed by atoms with Crippen molar-refractivity contribution >= 4 is 0 Å². The van der Waals surface area contributed by atoms with E-state index in [1.807, 2.05) is 0 Å². The first-order chi connectivity index (χ1) is 8.78. The van der Waals surface area contributed by atoms with E-state index in [2.05, 4.69) is 19.2 Å². The van der Waals surface area contributed by atoms with Gasteiger partial charge in [-0.25, -0.2) is 0 Å². The maximum absolute atomic E-state index is 6.61. The van der Waals surface area contributed by atoms with Gasteiger partial charge in [0.25, 0.3) is 0 Å². The molecule has 0 aromatic rings.